The van der Waals surface area contributed by atoms with Crippen LogP contribution in [0.1, 0.15) is 18.4 Å². The van der Waals surface area contributed by atoms with Gasteiger partial charge in [0, 0.05) is 13.1 Å². The fourth-order valence-electron chi connectivity index (χ4n) is 2.52. The highest BCUT2D eigenvalue weighted by Crippen LogP contribution is 2.24. The van der Waals surface area contributed by atoms with Crippen molar-refractivity contribution in [3.8, 4) is 5.75 Å². The monoisotopic (exact) mass is 312 g/mol. The zero-order valence-electron chi connectivity index (χ0n) is 10.8. The number of rotatable bonds is 4. The van der Waals surface area contributed by atoms with Gasteiger partial charge in [0.15, 0.2) is 0 Å². The third kappa shape index (κ3) is 3.97. The standard InChI is InChI=1S/C14H21BrN2O/c1-17-6-2-3-12(10-17)9-16-8-11-4-5-14(18)13(15)7-11/h4-5,7,12,16,18H,2-3,6,8-10H2,1H3. The van der Waals surface area contributed by atoms with Crippen molar-refractivity contribution in [2.75, 3.05) is 26.7 Å². The van der Waals surface area contributed by atoms with Gasteiger partial charge in [-0.25, -0.2) is 0 Å². The first-order valence-electron chi connectivity index (χ1n) is 6.52. The van der Waals surface area contributed by atoms with Gasteiger partial charge in [-0.3, -0.25) is 0 Å². The highest BCUT2D eigenvalue weighted by Gasteiger charge is 2.16. The minimum atomic E-state index is 0.299. The van der Waals surface area contributed by atoms with Crippen molar-refractivity contribution in [1.29, 1.82) is 0 Å². The molecule has 2 rings (SSSR count). The molecule has 0 aromatic heterocycles. The van der Waals surface area contributed by atoms with Gasteiger partial charge >= 0.3 is 0 Å². The molecular weight excluding hydrogens is 292 g/mol. The van der Waals surface area contributed by atoms with Gasteiger partial charge < -0.3 is 15.3 Å². The van der Waals surface area contributed by atoms with Gasteiger partial charge in [0.25, 0.3) is 0 Å². The minimum Gasteiger partial charge on any atom is -0.507 e. The molecule has 1 unspecified atom stereocenters. The van der Waals surface area contributed by atoms with E-state index in [2.05, 4.69) is 33.2 Å². The van der Waals surface area contributed by atoms with E-state index in [1.165, 1.54) is 31.5 Å². The van der Waals surface area contributed by atoms with E-state index >= 15 is 0 Å². The van der Waals surface area contributed by atoms with Gasteiger partial charge in [0.05, 0.1) is 4.47 Å². The molecule has 1 saturated heterocycles. The van der Waals surface area contributed by atoms with E-state index in [0.29, 0.717) is 5.75 Å². The predicted molar refractivity (Wildman–Crippen MR) is 77.7 cm³/mol. The van der Waals surface area contributed by atoms with Crippen molar-refractivity contribution >= 4 is 15.9 Å². The maximum absolute atomic E-state index is 9.43. The summed E-state index contributed by atoms with van der Waals surface area (Å²) in [6.07, 6.45) is 2.64. The number of hydrogen-bond donors (Lipinski definition) is 2. The van der Waals surface area contributed by atoms with Crippen LogP contribution < -0.4 is 5.32 Å². The average molecular weight is 313 g/mol. The quantitative estimate of drug-likeness (QED) is 0.897. The summed E-state index contributed by atoms with van der Waals surface area (Å²) in [5.74, 6) is 1.07. The van der Waals surface area contributed by atoms with E-state index in [1.807, 2.05) is 12.1 Å². The molecular formula is C14H21BrN2O. The van der Waals surface area contributed by atoms with Crippen LogP contribution in [0.15, 0.2) is 22.7 Å². The van der Waals surface area contributed by atoms with Gasteiger partial charge in [-0.05, 0) is 72.5 Å². The van der Waals surface area contributed by atoms with E-state index < -0.39 is 0 Å². The number of nitrogens with one attached hydrogen (secondary N) is 1. The van der Waals surface area contributed by atoms with Crippen LogP contribution in [0.3, 0.4) is 0 Å². The van der Waals surface area contributed by atoms with Crippen molar-refractivity contribution in [1.82, 2.24) is 10.2 Å². The second kappa shape index (κ2) is 6.55. The van der Waals surface area contributed by atoms with Crippen LogP contribution in [0, 0.1) is 5.92 Å². The summed E-state index contributed by atoms with van der Waals surface area (Å²) >= 11 is 3.34. The molecule has 0 spiro atoms. The third-order valence-electron chi connectivity index (χ3n) is 3.50. The number of likely N-dealkylation sites (tertiary alicyclic amines) is 1. The molecule has 2 N–H and O–H groups in total. The van der Waals surface area contributed by atoms with Crippen LogP contribution in [0.5, 0.6) is 5.75 Å². The van der Waals surface area contributed by atoms with E-state index in [1.54, 1.807) is 6.07 Å². The Kier molecular flexibility index (Phi) is 5.03. The molecule has 0 amide bonds. The molecule has 1 atom stereocenters. The molecule has 1 fully saturated rings. The largest absolute Gasteiger partial charge is 0.507 e. The molecule has 3 nitrogen and oxygen atoms in total. The Morgan fingerprint density at radius 3 is 3.06 bits per heavy atom. The second-order valence-corrected chi connectivity index (χ2v) is 6.04. The third-order valence-corrected chi connectivity index (χ3v) is 4.13. The van der Waals surface area contributed by atoms with E-state index in [0.717, 1.165) is 23.5 Å². The van der Waals surface area contributed by atoms with Crippen LogP contribution in [0.4, 0.5) is 0 Å². The minimum absolute atomic E-state index is 0.299. The average Bonchev–Trinajstić information content (AvgIpc) is 2.34. The zero-order chi connectivity index (χ0) is 13.0. The summed E-state index contributed by atoms with van der Waals surface area (Å²) in [6.45, 7) is 4.37. The summed E-state index contributed by atoms with van der Waals surface area (Å²) in [6, 6.07) is 5.66. The van der Waals surface area contributed by atoms with Gasteiger partial charge in [-0.15, -0.1) is 0 Å². The van der Waals surface area contributed by atoms with Crippen LogP contribution in [-0.4, -0.2) is 36.7 Å². The second-order valence-electron chi connectivity index (χ2n) is 5.19. The molecule has 1 aliphatic rings. The molecule has 1 aromatic carbocycles. The number of aromatic hydroxyl groups is 1. The van der Waals surface area contributed by atoms with Crippen molar-refractivity contribution in [3.63, 3.8) is 0 Å². The van der Waals surface area contributed by atoms with Crippen LogP contribution >= 0.6 is 15.9 Å². The number of phenolic OH excluding ortho intramolecular Hbond substituents is 1. The lowest BCUT2D eigenvalue weighted by Crippen LogP contribution is -2.37. The number of hydrogen-bond acceptors (Lipinski definition) is 3. The Labute approximate surface area is 117 Å². The van der Waals surface area contributed by atoms with Crippen LogP contribution in [0.25, 0.3) is 0 Å². The van der Waals surface area contributed by atoms with E-state index in [-0.39, 0.29) is 0 Å². The predicted octanol–water partition coefficient (Wildman–Crippen LogP) is 2.59. The van der Waals surface area contributed by atoms with Crippen LogP contribution in [-0.2, 0) is 6.54 Å². The number of halogens is 1. The Bertz CT molecular complexity index is 397. The van der Waals surface area contributed by atoms with Crippen molar-refractivity contribution < 1.29 is 5.11 Å². The van der Waals surface area contributed by atoms with E-state index in [9.17, 15) is 5.11 Å². The zero-order valence-corrected chi connectivity index (χ0v) is 12.4. The molecule has 4 heteroatoms. The summed E-state index contributed by atoms with van der Waals surface area (Å²) in [7, 11) is 2.20. The van der Waals surface area contributed by atoms with Gasteiger partial charge in [-0.2, -0.15) is 0 Å². The van der Waals surface area contributed by atoms with Crippen molar-refractivity contribution in [2.45, 2.75) is 19.4 Å². The van der Waals surface area contributed by atoms with E-state index in [4.69, 9.17) is 0 Å². The Morgan fingerprint density at radius 1 is 1.50 bits per heavy atom. The first-order chi connectivity index (χ1) is 8.65. The highest BCUT2D eigenvalue weighted by molar-refractivity contribution is 9.10. The molecule has 1 aromatic rings. The number of phenols is 1. The summed E-state index contributed by atoms with van der Waals surface area (Å²) in [4.78, 5) is 2.41. The molecule has 0 saturated carbocycles. The van der Waals surface area contributed by atoms with Gasteiger partial charge in [-0.1, -0.05) is 6.07 Å². The molecule has 1 aliphatic heterocycles. The molecule has 1 heterocycles. The Hall–Kier alpha value is -0.580. The number of nitrogens with zero attached hydrogens (tertiary/aromatic N) is 1. The Morgan fingerprint density at radius 2 is 2.33 bits per heavy atom. The normalized spacial score (nSPS) is 21.1. The summed E-state index contributed by atoms with van der Waals surface area (Å²) < 4.78 is 0.763. The number of benzene rings is 1. The smallest absolute Gasteiger partial charge is 0.129 e. The lowest BCUT2D eigenvalue weighted by atomic mass is 9.98. The maximum atomic E-state index is 9.43. The Balaban J connectivity index is 1.76. The highest BCUT2D eigenvalue weighted by atomic mass is 79.9. The summed E-state index contributed by atoms with van der Waals surface area (Å²) in [5.41, 5.74) is 1.20. The molecule has 0 bridgehead atoms. The number of piperidine rings is 1. The fraction of sp³-hybridized carbons (Fsp3) is 0.571. The molecule has 0 aliphatic carbocycles. The lowest BCUT2D eigenvalue weighted by molar-refractivity contribution is 0.206. The maximum Gasteiger partial charge on any atom is 0.129 e. The van der Waals surface area contributed by atoms with Crippen molar-refractivity contribution in [2.24, 2.45) is 5.92 Å². The molecule has 100 valence electrons. The molecule has 0 radical (unpaired) electrons. The SMILES string of the molecule is CN1CCCC(CNCc2ccc(O)c(Br)c2)C1. The van der Waals surface area contributed by atoms with Crippen LogP contribution in [0.2, 0.25) is 0 Å². The first kappa shape index (κ1) is 13.8. The molecule has 18 heavy (non-hydrogen) atoms. The van der Waals surface area contributed by atoms with Gasteiger partial charge in [0.1, 0.15) is 5.75 Å². The fourth-order valence-corrected chi connectivity index (χ4v) is 2.95. The van der Waals surface area contributed by atoms with Crippen molar-refractivity contribution in [3.05, 3.63) is 28.2 Å². The topological polar surface area (TPSA) is 35.5 Å². The summed E-state index contributed by atoms with van der Waals surface area (Å²) in [5, 5.41) is 12.9. The van der Waals surface area contributed by atoms with Gasteiger partial charge in [0.2, 0.25) is 0 Å². The lowest BCUT2D eigenvalue weighted by Gasteiger charge is -2.29. The first-order valence-corrected chi connectivity index (χ1v) is 7.31.